The molecule has 4 nitrogen and oxygen atoms in total. The van der Waals surface area contributed by atoms with Gasteiger partial charge in [0.05, 0.1) is 12.0 Å². The van der Waals surface area contributed by atoms with E-state index in [9.17, 15) is 4.79 Å². The van der Waals surface area contributed by atoms with E-state index in [0.717, 1.165) is 12.8 Å². The molecule has 0 radical (unpaired) electrons. The molecular weight excluding hydrogens is 284 g/mol. The van der Waals surface area contributed by atoms with Gasteiger partial charge in [0.15, 0.2) is 0 Å². The Morgan fingerprint density at radius 1 is 1.53 bits per heavy atom. The van der Waals surface area contributed by atoms with Crippen molar-refractivity contribution >= 4 is 29.7 Å². The summed E-state index contributed by atoms with van der Waals surface area (Å²) in [7, 11) is 0. The standard InChI is InChI=1S/C13H20N2O2S.ClH/c1-10-2-7-18-11(10)8-15-12(16)13(9-14)3-5-17-6-4-13;/h2,7H,3-6,8-9,14H2,1H3,(H,15,16);1H. The largest absolute Gasteiger partial charge is 0.381 e. The van der Waals surface area contributed by atoms with Gasteiger partial charge in [-0.2, -0.15) is 0 Å². The first-order chi connectivity index (χ1) is 8.68. The van der Waals surface area contributed by atoms with E-state index >= 15 is 0 Å². The highest BCUT2D eigenvalue weighted by Crippen LogP contribution is 2.29. The van der Waals surface area contributed by atoms with Gasteiger partial charge in [-0.3, -0.25) is 4.79 Å². The van der Waals surface area contributed by atoms with Gasteiger partial charge in [-0.05, 0) is 36.8 Å². The first-order valence-corrected chi connectivity index (χ1v) is 7.15. The monoisotopic (exact) mass is 304 g/mol. The van der Waals surface area contributed by atoms with Crippen LogP contribution in [0.15, 0.2) is 11.4 Å². The number of halogens is 1. The van der Waals surface area contributed by atoms with Crippen molar-refractivity contribution in [2.75, 3.05) is 19.8 Å². The zero-order valence-corrected chi connectivity index (χ0v) is 12.7. The Labute approximate surface area is 124 Å². The van der Waals surface area contributed by atoms with Crippen molar-refractivity contribution in [2.45, 2.75) is 26.3 Å². The van der Waals surface area contributed by atoms with Crippen molar-refractivity contribution in [1.82, 2.24) is 5.32 Å². The minimum Gasteiger partial charge on any atom is -0.381 e. The molecule has 19 heavy (non-hydrogen) atoms. The molecule has 0 saturated carbocycles. The molecule has 3 N–H and O–H groups in total. The Hall–Kier alpha value is -0.620. The molecule has 108 valence electrons. The Bertz CT molecular complexity index is 417. The number of thiophene rings is 1. The van der Waals surface area contributed by atoms with Gasteiger partial charge in [0.2, 0.25) is 5.91 Å². The van der Waals surface area contributed by atoms with Crippen LogP contribution in [0.2, 0.25) is 0 Å². The minimum atomic E-state index is -0.427. The van der Waals surface area contributed by atoms with Crippen LogP contribution < -0.4 is 11.1 Å². The summed E-state index contributed by atoms with van der Waals surface area (Å²) < 4.78 is 5.31. The fourth-order valence-corrected chi connectivity index (χ4v) is 3.07. The van der Waals surface area contributed by atoms with Crippen molar-refractivity contribution in [1.29, 1.82) is 0 Å². The number of aryl methyl sites for hydroxylation is 1. The topological polar surface area (TPSA) is 64.4 Å². The van der Waals surface area contributed by atoms with E-state index in [2.05, 4.69) is 18.3 Å². The van der Waals surface area contributed by atoms with Gasteiger partial charge in [0.25, 0.3) is 0 Å². The number of ether oxygens (including phenoxy) is 1. The summed E-state index contributed by atoms with van der Waals surface area (Å²) in [5, 5.41) is 5.07. The normalized spacial score (nSPS) is 17.6. The average Bonchev–Trinajstić information content (AvgIpc) is 2.82. The predicted molar refractivity (Wildman–Crippen MR) is 79.7 cm³/mol. The third-order valence-electron chi connectivity index (χ3n) is 3.70. The first-order valence-electron chi connectivity index (χ1n) is 6.27. The van der Waals surface area contributed by atoms with E-state index in [4.69, 9.17) is 10.5 Å². The van der Waals surface area contributed by atoms with Crippen LogP contribution in [0.5, 0.6) is 0 Å². The number of carbonyl (C=O) groups is 1. The molecule has 0 unspecified atom stereocenters. The molecular formula is C13H21ClN2O2S. The number of hydrogen-bond acceptors (Lipinski definition) is 4. The van der Waals surface area contributed by atoms with Crippen molar-refractivity contribution in [3.05, 3.63) is 21.9 Å². The van der Waals surface area contributed by atoms with Crippen LogP contribution in [-0.2, 0) is 16.1 Å². The zero-order valence-electron chi connectivity index (χ0n) is 11.1. The first kappa shape index (κ1) is 16.4. The molecule has 0 aromatic carbocycles. The molecule has 2 rings (SSSR count). The van der Waals surface area contributed by atoms with Crippen LogP contribution >= 0.6 is 23.7 Å². The van der Waals surface area contributed by atoms with Crippen LogP contribution in [-0.4, -0.2) is 25.7 Å². The lowest BCUT2D eigenvalue weighted by Gasteiger charge is -2.34. The number of rotatable bonds is 4. The maximum atomic E-state index is 12.3. The molecule has 0 spiro atoms. The van der Waals surface area contributed by atoms with Crippen molar-refractivity contribution in [3.8, 4) is 0 Å². The SMILES string of the molecule is Cc1ccsc1CNC(=O)C1(CN)CCOCC1.Cl. The van der Waals surface area contributed by atoms with Gasteiger partial charge < -0.3 is 15.8 Å². The summed E-state index contributed by atoms with van der Waals surface area (Å²) in [5.74, 6) is 0.0705. The third kappa shape index (κ3) is 3.69. The van der Waals surface area contributed by atoms with Crippen molar-refractivity contribution in [3.63, 3.8) is 0 Å². The van der Waals surface area contributed by atoms with Crippen LogP contribution in [0.3, 0.4) is 0 Å². The van der Waals surface area contributed by atoms with Crippen molar-refractivity contribution < 1.29 is 9.53 Å². The maximum Gasteiger partial charge on any atom is 0.227 e. The van der Waals surface area contributed by atoms with Gasteiger partial charge in [-0.1, -0.05) is 0 Å². The summed E-state index contributed by atoms with van der Waals surface area (Å²) >= 11 is 1.67. The quantitative estimate of drug-likeness (QED) is 0.892. The maximum absolute atomic E-state index is 12.3. The Kier molecular flexibility index (Phi) is 6.26. The third-order valence-corrected chi connectivity index (χ3v) is 4.72. The second-order valence-electron chi connectivity index (χ2n) is 4.81. The van der Waals surface area contributed by atoms with Gasteiger partial charge in [0.1, 0.15) is 0 Å². The number of hydrogen-bond donors (Lipinski definition) is 2. The molecule has 1 fully saturated rings. The van der Waals surface area contributed by atoms with E-state index < -0.39 is 5.41 Å². The molecule has 1 aromatic rings. The van der Waals surface area contributed by atoms with Crippen LogP contribution in [0.4, 0.5) is 0 Å². The minimum absolute atomic E-state index is 0. The number of amides is 1. The fourth-order valence-electron chi connectivity index (χ4n) is 2.22. The highest BCUT2D eigenvalue weighted by atomic mass is 35.5. The summed E-state index contributed by atoms with van der Waals surface area (Å²) in [4.78, 5) is 13.5. The van der Waals surface area contributed by atoms with Crippen LogP contribution in [0, 0.1) is 12.3 Å². The molecule has 0 bridgehead atoms. The van der Waals surface area contributed by atoms with E-state index in [0.29, 0.717) is 26.3 Å². The summed E-state index contributed by atoms with van der Waals surface area (Å²) in [6, 6.07) is 2.07. The number of nitrogens with two attached hydrogens (primary N) is 1. The van der Waals surface area contributed by atoms with Gasteiger partial charge >= 0.3 is 0 Å². The highest BCUT2D eigenvalue weighted by molar-refractivity contribution is 7.10. The lowest BCUT2D eigenvalue weighted by Crippen LogP contribution is -2.48. The molecule has 0 aliphatic carbocycles. The van der Waals surface area contributed by atoms with Crippen molar-refractivity contribution in [2.24, 2.45) is 11.1 Å². The second-order valence-corrected chi connectivity index (χ2v) is 5.81. The summed E-state index contributed by atoms with van der Waals surface area (Å²) in [5.41, 5.74) is 6.61. The molecule has 0 atom stereocenters. The zero-order chi connectivity index (χ0) is 13.0. The molecule has 2 heterocycles. The Morgan fingerprint density at radius 2 is 2.21 bits per heavy atom. The van der Waals surface area contributed by atoms with Gasteiger partial charge in [-0.15, -0.1) is 23.7 Å². The lowest BCUT2D eigenvalue weighted by molar-refractivity contribution is -0.136. The van der Waals surface area contributed by atoms with Gasteiger partial charge in [-0.25, -0.2) is 0 Å². The highest BCUT2D eigenvalue weighted by Gasteiger charge is 2.38. The number of nitrogens with one attached hydrogen (secondary N) is 1. The molecule has 6 heteroatoms. The average molecular weight is 305 g/mol. The number of carbonyl (C=O) groups excluding carboxylic acids is 1. The van der Waals surface area contributed by atoms with Gasteiger partial charge in [0, 0.05) is 24.6 Å². The van der Waals surface area contributed by atoms with Crippen LogP contribution in [0.25, 0.3) is 0 Å². The van der Waals surface area contributed by atoms with E-state index in [1.807, 2.05) is 5.38 Å². The molecule has 1 saturated heterocycles. The van der Waals surface area contributed by atoms with E-state index in [1.54, 1.807) is 11.3 Å². The summed E-state index contributed by atoms with van der Waals surface area (Å²) in [6.07, 6.45) is 1.44. The second kappa shape index (κ2) is 7.24. The molecule has 1 aliphatic heterocycles. The van der Waals surface area contributed by atoms with E-state index in [-0.39, 0.29) is 18.3 Å². The lowest BCUT2D eigenvalue weighted by atomic mass is 9.79. The Balaban J connectivity index is 0.00000180. The molecule has 1 aliphatic rings. The smallest absolute Gasteiger partial charge is 0.227 e. The van der Waals surface area contributed by atoms with Crippen LogP contribution in [0.1, 0.15) is 23.3 Å². The molecule has 1 amide bonds. The molecule has 1 aromatic heterocycles. The van der Waals surface area contributed by atoms with E-state index in [1.165, 1.54) is 10.4 Å². The Morgan fingerprint density at radius 3 is 2.74 bits per heavy atom. The predicted octanol–water partition coefficient (Wildman–Crippen LogP) is 1.85. The fraction of sp³-hybridized carbons (Fsp3) is 0.615. The summed E-state index contributed by atoms with van der Waals surface area (Å²) in [6.45, 7) is 4.31.